The zero-order valence-electron chi connectivity index (χ0n) is 11.4. The summed E-state index contributed by atoms with van der Waals surface area (Å²) in [5.41, 5.74) is 0.832. The molecule has 1 aromatic rings. The molecule has 0 radical (unpaired) electrons. The zero-order chi connectivity index (χ0) is 13.6. The summed E-state index contributed by atoms with van der Waals surface area (Å²) in [6.45, 7) is 6.66. The van der Waals surface area contributed by atoms with Gasteiger partial charge in [0.1, 0.15) is 5.92 Å². The van der Waals surface area contributed by atoms with Gasteiger partial charge in [0.05, 0.1) is 5.69 Å². The van der Waals surface area contributed by atoms with Gasteiger partial charge in [-0.05, 0) is 31.1 Å². The van der Waals surface area contributed by atoms with Crippen LogP contribution in [0.3, 0.4) is 0 Å². The number of thiazole rings is 1. The second-order valence-electron chi connectivity index (χ2n) is 6.09. The lowest BCUT2D eigenvalue weighted by molar-refractivity contribution is -0.138. The van der Waals surface area contributed by atoms with Crippen LogP contribution in [0.5, 0.6) is 0 Å². The number of aryl methyl sites for hydroxylation is 1. The molecule has 19 heavy (non-hydrogen) atoms. The van der Waals surface area contributed by atoms with E-state index >= 15 is 0 Å². The molecule has 1 N–H and O–H groups in total. The molecule has 1 aliphatic heterocycles. The van der Waals surface area contributed by atoms with Gasteiger partial charge in [-0.3, -0.25) is 4.79 Å². The van der Waals surface area contributed by atoms with Gasteiger partial charge in [0.2, 0.25) is 0 Å². The van der Waals surface area contributed by atoms with Gasteiger partial charge >= 0.3 is 5.97 Å². The number of piperidine rings is 1. The molecule has 0 spiro atoms. The van der Waals surface area contributed by atoms with Crippen molar-refractivity contribution in [2.75, 3.05) is 18.0 Å². The minimum atomic E-state index is -0.726. The third-order valence-electron chi connectivity index (χ3n) is 4.14. The number of aliphatic carboxylic acids is 1. The highest BCUT2D eigenvalue weighted by atomic mass is 32.1. The molecule has 0 bridgehead atoms. The molecule has 4 nitrogen and oxygen atoms in total. The number of carboxylic acid groups (broad SMARTS) is 1. The van der Waals surface area contributed by atoms with Gasteiger partial charge in [-0.2, -0.15) is 0 Å². The van der Waals surface area contributed by atoms with Crippen LogP contribution in [0.4, 0.5) is 5.13 Å². The molecule has 2 aliphatic rings. The van der Waals surface area contributed by atoms with Gasteiger partial charge in [0.25, 0.3) is 0 Å². The van der Waals surface area contributed by atoms with E-state index in [1.54, 1.807) is 11.3 Å². The van der Waals surface area contributed by atoms with Gasteiger partial charge in [-0.25, -0.2) is 4.98 Å². The van der Waals surface area contributed by atoms with Gasteiger partial charge in [0, 0.05) is 18.0 Å². The normalized spacial score (nSPS) is 30.4. The number of carbonyl (C=O) groups is 1. The number of hydrogen-bond acceptors (Lipinski definition) is 4. The van der Waals surface area contributed by atoms with E-state index in [9.17, 15) is 9.90 Å². The van der Waals surface area contributed by atoms with Crippen molar-refractivity contribution in [2.45, 2.75) is 39.0 Å². The van der Waals surface area contributed by atoms with E-state index in [4.69, 9.17) is 0 Å². The largest absolute Gasteiger partial charge is 0.481 e. The highest BCUT2D eigenvalue weighted by Crippen LogP contribution is 2.40. The van der Waals surface area contributed by atoms with Crippen LogP contribution in [0.15, 0.2) is 0 Å². The van der Waals surface area contributed by atoms with Crippen molar-refractivity contribution >= 4 is 22.4 Å². The average Bonchev–Trinajstić information content (AvgIpc) is 2.85. The van der Waals surface area contributed by atoms with Crippen LogP contribution >= 0.6 is 11.3 Å². The van der Waals surface area contributed by atoms with E-state index in [2.05, 4.69) is 23.7 Å². The molecule has 0 saturated carbocycles. The average molecular weight is 280 g/mol. The first kappa shape index (κ1) is 12.9. The molecule has 2 heterocycles. The molecule has 1 aromatic heterocycles. The molecule has 1 fully saturated rings. The van der Waals surface area contributed by atoms with E-state index in [-0.39, 0.29) is 5.92 Å². The third kappa shape index (κ3) is 2.36. The van der Waals surface area contributed by atoms with Crippen molar-refractivity contribution in [2.24, 2.45) is 11.8 Å². The van der Waals surface area contributed by atoms with E-state index in [0.29, 0.717) is 11.8 Å². The van der Waals surface area contributed by atoms with Crippen LogP contribution in [0, 0.1) is 11.8 Å². The lowest BCUT2D eigenvalue weighted by Gasteiger charge is -2.34. The molecule has 3 rings (SSSR count). The Hall–Kier alpha value is -1.10. The highest BCUT2D eigenvalue weighted by molar-refractivity contribution is 7.15. The summed E-state index contributed by atoms with van der Waals surface area (Å²) in [5, 5.41) is 10.3. The molecule has 0 amide bonds. The maximum absolute atomic E-state index is 11.2. The summed E-state index contributed by atoms with van der Waals surface area (Å²) >= 11 is 1.71. The number of carboxylic acids is 1. The highest BCUT2D eigenvalue weighted by Gasteiger charge is 2.34. The summed E-state index contributed by atoms with van der Waals surface area (Å²) in [7, 11) is 0. The number of anilines is 1. The Morgan fingerprint density at radius 2 is 2.05 bits per heavy atom. The topological polar surface area (TPSA) is 53.4 Å². The fourth-order valence-corrected chi connectivity index (χ4v) is 4.56. The smallest absolute Gasteiger partial charge is 0.312 e. The summed E-state index contributed by atoms with van der Waals surface area (Å²) in [6, 6.07) is 0. The second-order valence-corrected chi connectivity index (χ2v) is 7.15. The Bertz CT molecular complexity index is 490. The van der Waals surface area contributed by atoms with Gasteiger partial charge in [0.15, 0.2) is 5.13 Å². The lowest BCUT2D eigenvalue weighted by atomic mass is 9.92. The maximum atomic E-state index is 11.2. The predicted molar refractivity (Wildman–Crippen MR) is 76.0 cm³/mol. The first-order valence-corrected chi connectivity index (χ1v) is 7.83. The first-order valence-electron chi connectivity index (χ1n) is 7.02. The SMILES string of the molecule is CC1CC(C)CN(c2nc3c(s2)CCC3C(=O)O)C1. The van der Waals surface area contributed by atoms with Crippen molar-refractivity contribution in [1.29, 1.82) is 0 Å². The number of fused-ring (bicyclic) bond motifs is 1. The first-order chi connectivity index (χ1) is 9.04. The van der Waals surface area contributed by atoms with E-state index < -0.39 is 5.97 Å². The zero-order valence-corrected chi connectivity index (χ0v) is 12.2. The Morgan fingerprint density at radius 1 is 1.37 bits per heavy atom. The summed E-state index contributed by atoms with van der Waals surface area (Å²) < 4.78 is 0. The van der Waals surface area contributed by atoms with Gasteiger partial charge < -0.3 is 10.0 Å². The predicted octanol–water partition coefficient (Wildman–Crippen LogP) is 2.74. The van der Waals surface area contributed by atoms with Crippen LogP contribution in [0.1, 0.15) is 43.2 Å². The summed E-state index contributed by atoms with van der Waals surface area (Å²) in [5.74, 6) is 0.283. The van der Waals surface area contributed by atoms with Crippen LogP contribution in [0.25, 0.3) is 0 Å². The fraction of sp³-hybridized carbons (Fsp3) is 0.714. The molecule has 1 aliphatic carbocycles. The van der Waals surface area contributed by atoms with Crippen molar-refractivity contribution < 1.29 is 9.90 Å². The van der Waals surface area contributed by atoms with Crippen molar-refractivity contribution in [3.8, 4) is 0 Å². The quantitative estimate of drug-likeness (QED) is 0.905. The molecule has 104 valence electrons. The summed E-state index contributed by atoms with van der Waals surface area (Å²) in [6.07, 6.45) is 2.87. The second kappa shape index (κ2) is 4.78. The molecule has 3 unspecified atom stereocenters. The molecular formula is C14H20N2O2S. The van der Waals surface area contributed by atoms with E-state index in [1.807, 2.05) is 0 Å². The molecule has 3 atom stereocenters. The van der Waals surface area contributed by atoms with Crippen molar-refractivity contribution in [3.05, 3.63) is 10.6 Å². The van der Waals surface area contributed by atoms with Crippen LogP contribution in [0.2, 0.25) is 0 Å². The number of aromatic nitrogens is 1. The number of nitrogens with zero attached hydrogens (tertiary/aromatic N) is 2. The molecule has 5 heteroatoms. The van der Waals surface area contributed by atoms with E-state index in [1.165, 1.54) is 11.3 Å². The van der Waals surface area contributed by atoms with Crippen LogP contribution < -0.4 is 4.90 Å². The Kier molecular flexibility index (Phi) is 3.25. The van der Waals surface area contributed by atoms with E-state index in [0.717, 1.165) is 36.8 Å². The molecule has 0 aromatic carbocycles. The summed E-state index contributed by atoms with van der Waals surface area (Å²) in [4.78, 5) is 19.4. The molecular weight excluding hydrogens is 260 g/mol. The number of rotatable bonds is 2. The maximum Gasteiger partial charge on any atom is 0.312 e. The van der Waals surface area contributed by atoms with Crippen molar-refractivity contribution in [3.63, 3.8) is 0 Å². The Morgan fingerprint density at radius 3 is 2.68 bits per heavy atom. The Balaban J connectivity index is 1.84. The standard InChI is InChI=1S/C14H20N2O2S/c1-8-5-9(2)7-16(6-8)14-15-12-10(13(17)18)3-4-11(12)19-14/h8-10H,3-7H2,1-2H3,(H,17,18). The van der Waals surface area contributed by atoms with Crippen LogP contribution in [-0.4, -0.2) is 29.1 Å². The molecule has 1 saturated heterocycles. The minimum Gasteiger partial charge on any atom is -0.481 e. The third-order valence-corrected chi connectivity index (χ3v) is 5.34. The van der Waals surface area contributed by atoms with Gasteiger partial charge in [-0.1, -0.05) is 13.8 Å². The monoisotopic (exact) mass is 280 g/mol. The Labute approximate surface area is 117 Å². The minimum absolute atomic E-state index is 0.375. The number of hydrogen-bond donors (Lipinski definition) is 1. The van der Waals surface area contributed by atoms with Crippen LogP contribution in [-0.2, 0) is 11.2 Å². The lowest BCUT2D eigenvalue weighted by Crippen LogP contribution is -2.38. The van der Waals surface area contributed by atoms with Crippen molar-refractivity contribution in [1.82, 2.24) is 4.98 Å². The fourth-order valence-electron chi connectivity index (χ4n) is 3.41. The van der Waals surface area contributed by atoms with Gasteiger partial charge in [-0.15, -0.1) is 11.3 Å².